The first kappa shape index (κ1) is 24.8. The molecule has 1 aromatic rings. The first-order valence-corrected chi connectivity index (χ1v) is 14.5. The monoisotopic (exact) mass is 453 g/mol. The summed E-state index contributed by atoms with van der Waals surface area (Å²) in [5.41, 5.74) is -0.665. The van der Waals surface area contributed by atoms with Crippen molar-refractivity contribution in [3.8, 4) is 0 Å². The Morgan fingerprint density at radius 1 is 1.27 bits per heavy atom. The van der Waals surface area contributed by atoms with Gasteiger partial charge in [0.2, 0.25) is 5.91 Å². The van der Waals surface area contributed by atoms with E-state index >= 15 is 0 Å². The van der Waals surface area contributed by atoms with Gasteiger partial charge in [-0.1, -0.05) is 44.5 Å². The molecule has 0 saturated carbocycles. The number of hydrogen-bond donors (Lipinski definition) is 1. The average molecular weight is 454 g/mol. The van der Waals surface area contributed by atoms with Crippen LogP contribution in [0.3, 0.4) is 0 Å². The van der Waals surface area contributed by atoms with Crippen molar-refractivity contribution in [2.24, 2.45) is 5.92 Å². The summed E-state index contributed by atoms with van der Waals surface area (Å²) in [7, 11) is -6.39. The summed E-state index contributed by atoms with van der Waals surface area (Å²) in [6.45, 7) is 17.3. The lowest BCUT2D eigenvalue weighted by atomic mass is 9.85. The largest absolute Gasteiger partial charge is 0.415 e. The molecule has 168 valence electrons. The maximum absolute atomic E-state index is 13.4. The third-order valence-corrected chi connectivity index (χ3v) is 12.9. The predicted octanol–water partition coefficient (Wildman–Crippen LogP) is 3.86. The van der Waals surface area contributed by atoms with Crippen LogP contribution in [0.2, 0.25) is 18.1 Å². The molecule has 1 amide bonds. The molecule has 3 atom stereocenters. The minimum absolute atomic E-state index is 0.0221. The van der Waals surface area contributed by atoms with Crippen LogP contribution in [0.5, 0.6) is 0 Å². The van der Waals surface area contributed by atoms with E-state index in [1.807, 2.05) is 6.92 Å². The molecule has 1 N–H and O–H groups in total. The lowest BCUT2D eigenvalue weighted by Gasteiger charge is -2.39. The number of aliphatic hydroxyl groups is 1. The Labute approximate surface area is 182 Å². The number of amides is 1. The van der Waals surface area contributed by atoms with Crippen molar-refractivity contribution < 1.29 is 22.7 Å². The summed E-state index contributed by atoms with van der Waals surface area (Å²) >= 11 is 0. The highest BCUT2D eigenvalue weighted by atomic mass is 32.2. The van der Waals surface area contributed by atoms with Crippen LogP contribution in [-0.2, 0) is 19.2 Å². The van der Waals surface area contributed by atoms with Crippen LogP contribution in [0.15, 0.2) is 41.8 Å². The molecular weight excluding hydrogens is 418 g/mol. The molecule has 2 rings (SSSR count). The lowest BCUT2D eigenvalue weighted by Crippen LogP contribution is -2.52. The zero-order chi connectivity index (χ0) is 23.1. The maximum Gasteiger partial charge on any atom is 0.266 e. The summed E-state index contributed by atoms with van der Waals surface area (Å²) < 4.78 is 34.0. The number of nitrogens with zero attached hydrogens (tertiary/aromatic N) is 1. The Balaban J connectivity index is 2.52. The molecule has 6 nitrogen and oxygen atoms in total. The van der Waals surface area contributed by atoms with Crippen molar-refractivity contribution in [2.45, 2.75) is 75.7 Å². The zero-order valence-corrected chi connectivity index (χ0v) is 20.9. The second kappa shape index (κ2) is 8.22. The Kier molecular flexibility index (Phi) is 6.79. The van der Waals surface area contributed by atoms with Crippen LogP contribution in [0.25, 0.3) is 0 Å². The molecule has 8 heteroatoms. The topological polar surface area (TPSA) is 83.9 Å². The third kappa shape index (κ3) is 4.42. The van der Waals surface area contributed by atoms with Crippen LogP contribution >= 0.6 is 0 Å². The van der Waals surface area contributed by atoms with Gasteiger partial charge in [-0.15, -0.1) is 6.58 Å². The predicted molar refractivity (Wildman–Crippen MR) is 121 cm³/mol. The SMILES string of the molecule is C=CC[C@H]1C(=O)N(S(=O)(=O)c2ccc(C)cc2)[C@H](CO[Si](C)(C)C(C)(C)C)[C@@]1(C)O. The molecule has 30 heavy (non-hydrogen) atoms. The van der Waals surface area contributed by atoms with Gasteiger partial charge >= 0.3 is 0 Å². The van der Waals surface area contributed by atoms with E-state index in [1.165, 1.54) is 25.1 Å². The fourth-order valence-electron chi connectivity index (χ4n) is 3.38. The molecule has 0 spiro atoms. The van der Waals surface area contributed by atoms with E-state index in [4.69, 9.17) is 4.43 Å². The van der Waals surface area contributed by atoms with Crippen molar-refractivity contribution >= 4 is 24.2 Å². The molecule has 1 aromatic carbocycles. The summed E-state index contributed by atoms with van der Waals surface area (Å²) in [6.07, 6.45) is 1.72. The van der Waals surface area contributed by atoms with Gasteiger partial charge in [0.15, 0.2) is 8.32 Å². The molecular formula is C22H35NO5SSi. The van der Waals surface area contributed by atoms with E-state index in [0.717, 1.165) is 9.87 Å². The van der Waals surface area contributed by atoms with Crippen LogP contribution in [-0.4, -0.2) is 50.3 Å². The quantitative estimate of drug-likeness (QED) is 0.501. The molecule has 0 aliphatic carbocycles. The maximum atomic E-state index is 13.4. The van der Waals surface area contributed by atoms with Gasteiger partial charge < -0.3 is 9.53 Å². The zero-order valence-electron chi connectivity index (χ0n) is 19.1. The lowest BCUT2D eigenvalue weighted by molar-refractivity contribution is -0.128. The van der Waals surface area contributed by atoms with Crippen molar-refractivity contribution in [1.29, 1.82) is 0 Å². The van der Waals surface area contributed by atoms with Crippen molar-refractivity contribution in [2.75, 3.05) is 6.61 Å². The van der Waals surface area contributed by atoms with Crippen LogP contribution in [0.1, 0.15) is 39.7 Å². The van der Waals surface area contributed by atoms with Crippen LogP contribution < -0.4 is 0 Å². The van der Waals surface area contributed by atoms with Crippen molar-refractivity contribution in [1.82, 2.24) is 4.31 Å². The van der Waals surface area contributed by atoms with Crippen molar-refractivity contribution in [3.63, 3.8) is 0 Å². The van der Waals surface area contributed by atoms with Crippen molar-refractivity contribution in [3.05, 3.63) is 42.5 Å². The van der Waals surface area contributed by atoms with Gasteiger partial charge in [-0.05, 0) is 50.5 Å². The third-order valence-electron chi connectivity index (χ3n) is 6.57. The average Bonchev–Trinajstić information content (AvgIpc) is 2.80. The molecule has 0 bridgehead atoms. The number of carbonyl (C=O) groups excluding carboxylic acids is 1. The number of sulfonamides is 1. The van der Waals surface area contributed by atoms with E-state index in [2.05, 4.69) is 40.4 Å². The second-order valence-electron chi connectivity index (χ2n) is 9.84. The van der Waals surface area contributed by atoms with Crippen LogP contribution in [0.4, 0.5) is 0 Å². The fraction of sp³-hybridized carbons (Fsp3) is 0.591. The van der Waals surface area contributed by atoms with Gasteiger partial charge in [-0.25, -0.2) is 12.7 Å². The number of rotatable bonds is 7. The van der Waals surface area contributed by atoms with Gasteiger partial charge in [-0.2, -0.15) is 0 Å². The highest BCUT2D eigenvalue weighted by Gasteiger charge is 2.59. The Morgan fingerprint density at radius 2 is 1.80 bits per heavy atom. The number of aryl methyl sites for hydroxylation is 1. The number of carbonyl (C=O) groups is 1. The van der Waals surface area contributed by atoms with Gasteiger partial charge in [-0.3, -0.25) is 4.79 Å². The molecule has 1 aliphatic rings. The van der Waals surface area contributed by atoms with E-state index in [1.54, 1.807) is 12.1 Å². The van der Waals surface area contributed by atoms with Gasteiger partial charge in [0.05, 0.1) is 29.1 Å². The molecule has 0 unspecified atom stereocenters. The molecule has 1 saturated heterocycles. The minimum atomic E-state index is -4.15. The Bertz CT molecular complexity index is 900. The normalized spacial score (nSPS) is 25.6. The summed E-state index contributed by atoms with van der Waals surface area (Å²) in [5, 5.41) is 11.2. The smallest absolute Gasteiger partial charge is 0.266 e. The van der Waals surface area contributed by atoms with E-state index in [0.29, 0.717) is 0 Å². The molecule has 0 aromatic heterocycles. The number of allylic oxidation sites excluding steroid dienone is 1. The molecule has 1 fully saturated rings. The molecule has 0 radical (unpaired) electrons. The Morgan fingerprint density at radius 3 is 2.27 bits per heavy atom. The molecule has 1 aliphatic heterocycles. The van der Waals surface area contributed by atoms with Crippen LogP contribution in [0, 0.1) is 12.8 Å². The second-order valence-corrected chi connectivity index (χ2v) is 16.5. The highest BCUT2D eigenvalue weighted by Crippen LogP contribution is 2.42. The standard InChI is InChI=1S/C22H35NO5SSi/c1-9-10-18-20(24)23(29(26,27)17-13-11-16(2)12-14-17)19(22(18,6)25)15-28-30(7,8)21(3,4)5/h9,11-14,18-19,25H,1,10,15H2,2-8H3/t18-,19+,22-/m0/s1. The fourth-order valence-corrected chi connectivity index (χ4v) is 6.07. The van der Waals surface area contributed by atoms with E-state index in [9.17, 15) is 18.3 Å². The van der Waals surface area contributed by atoms with Gasteiger partial charge in [0.25, 0.3) is 10.0 Å². The number of benzene rings is 1. The first-order valence-electron chi connectivity index (χ1n) is 10.2. The number of hydrogen-bond acceptors (Lipinski definition) is 5. The first-order chi connectivity index (χ1) is 13.6. The summed E-state index contributed by atoms with van der Waals surface area (Å²) in [6, 6.07) is 5.33. The highest BCUT2D eigenvalue weighted by molar-refractivity contribution is 7.89. The summed E-state index contributed by atoms with van der Waals surface area (Å²) in [5.74, 6) is -1.52. The summed E-state index contributed by atoms with van der Waals surface area (Å²) in [4.78, 5) is 13.2. The minimum Gasteiger partial charge on any atom is -0.415 e. The van der Waals surface area contributed by atoms with Gasteiger partial charge in [0.1, 0.15) is 0 Å². The van der Waals surface area contributed by atoms with E-state index in [-0.39, 0.29) is 23.0 Å². The van der Waals surface area contributed by atoms with E-state index < -0.39 is 41.8 Å². The Hall–Kier alpha value is -1.48. The molecule has 1 heterocycles. The van der Waals surface area contributed by atoms with Gasteiger partial charge in [0, 0.05) is 0 Å².